The first-order chi connectivity index (χ1) is 15.7. The van der Waals surface area contributed by atoms with Gasteiger partial charge in [0.1, 0.15) is 23.3 Å². The van der Waals surface area contributed by atoms with Crippen LogP contribution in [-0.2, 0) is 6.42 Å². The lowest BCUT2D eigenvalue weighted by Gasteiger charge is -2.07. The molecule has 3 heterocycles. The van der Waals surface area contributed by atoms with Crippen LogP contribution in [0, 0.1) is 0 Å². The summed E-state index contributed by atoms with van der Waals surface area (Å²) in [5.41, 5.74) is 2.17. The smallest absolute Gasteiger partial charge is 0.247 e. The number of hydrogen-bond acceptors (Lipinski definition) is 8. The summed E-state index contributed by atoms with van der Waals surface area (Å²) in [7, 11) is 0. The van der Waals surface area contributed by atoms with E-state index in [0.717, 1.165) is 5.56 Å². The van der Waals surface area contributed by atoms with Gasteiger partial charge in [0.2, 0.25) is 11.8 Å². The number of rotatable bonds is 6. The zero-order chi connectivity index (χ0) is 21.9. The van der Waals surface area contributed by atoms with Gasteiger partial charge in [-0.25, -0.2) is 0 Å². The molecule has 158 valence electrons. The fourth-order valence-corrected chi connectivity index (χ4v) is 3.26. The van der Waals surface area contributed by atoms with Crippen LogP contribution in [0.25, 0.3) is 33.6 Å². The molecule has 0 spiro atoms. The Kier molecular flexibility index (Phi) is 5.09. The van der Waals surface area contributed by atoms with Crippen molar-refractivity contribution in [3.8, 4) is 34.1 Å². The number of nitrogens with zero attached hydrogens (tertiary/aromatic N) is 3. The topological polar surface area (TPSA) is 111 Å². The van der Waals surface area contributed by atoms with Crippen LogP contribution in [0.15, 0.2) is 86.9 Å². The summed E-state index contributed by atoms with van der Waals surface area (Å²) >= 11 is 0. The molecule has 3 aromatic heterocycles. The lowest BCUT2D eigenvalue weighted by Crippen LogP contribution is -2.05. The highest BCUT2D eigenvalue weighted by Gasteiger charge is 2.11. The SMILES string of the molecule is O=c1c(-c2ccc(O)cc2)coc2cc(OCCc3nnc(-c4ccncc4)o3)ccc12. The Hall–Kier alpha value is -4.46. The molecule has 32 heavy (non-hydrogen) atoms. The third-order valence-corrected chi connectivity index (χ3v) is 4.90. The minimum absolute atomic E-state index is 0.134. The van der Waals surface area contributed by atoms with Gasteiger partial charge in [0.25, 0.3) is 0 Å². The second-order valence-electron chi connectivity index (χ2n) is 7.02. The maximum atomic E-state index is 12.8. The minimum Gasteiger partial charge on any atom is -0.508 e. The van der Waals surface area contributed by atoms with E-state index in [9.17, 15) is 9.90 Å². The van der Waals surface area contributed by atoms with E-state index in [1.807, 2.05) is 0 Å². The second-order valence-corrected chi connectivity index (χ2v) is 7.02. The van der Waals surface area contributed by atoms with Crippen molar-refractivity contribution in [2.24, 2.45) is 0 Å². The van der Waals surface area contributed by atoms with Crippen molar-refractivity contribution in [1.29, 1.82) is 0 Å². The van der Waals surface area contributed by atoms with E-state index < -0.39 is 0 Å². The zero-order valence-corrected chi connectivity index (χ0v) is 16.8. The van der Waals surface area contributed by atoms with Crippen molar-refractivity contribution < 1.29 is 18.7 Å². The Morgan fingerprint density at radius 1 is 0.938 bits per heavy atom. The molecule has 5 aromatic rings. The van der Waals surface area contributed by atoms with Gasteiger partial charge in [0.05, 0.1) is 24.0 Å². The summed E-state index contributed by atoms with van der Waals surface area (Å²) in [6, 6.07) is 15.1. The van der Waals surface area contributed by atoms with E-state index >= 15 is 0 Å². The molecule has 0 unspecified atom stereocenters. The third-order valence-electron chi connectivity index (χ3n) is 4.90. The number of fused-ring (bicyclic) bond motifs is 1. The highest BCUT2D eigenvalue weighted by molar-refractivity contribution is 5.82. The van der Waals surface area contributed by atoms with Gasteiger partial charge in [-0.15, -0.1) is 10.2 Å². The molecule has 2 aromatic carbocycles. The first-order valence-corrected chi connectivity index (χ1v) is 9.88. The summed E-state index contributed by atoms with van der Waals surface area (Å²) < 4.78 is 17.1. The van der Waals surface area contributed by atoms with Crippen LogP contribution >= 0.6 is 0 Å². The predicted molar refractivity (Wildman–Crippen MR) is 116 cm³/mol. The quantitative estimate of drug-likeness (QED) is 0.428. The Morgan fingerprint density at radius 3 is 2.56 bits per heavy atom. The first-order valence-electron chi connectivity index (χ1n) is 9.88. The number of pyridine rings is 1. The van der Waals surface area contributed by atoms with Crippen molar-refractivity contribution in [3.63, 3.8) is 0 Å². The summed E-state index contributed by atoms with van der Waals surface area (Å²) in [4.78, 5) is 16.8. The van der Waals surface area contributed by atoms with Gasteiger partial charge in [-0.2, -0.15) is 0 Å². The van der Waals surface area contributed by atoms with E-state index in [0.29, 0.717) is 52.7 Å². The number of phenols is 1. The van der Waals surface area contributed by atoms with E-state index in [1.54, 1.807) is 54.9 Å². The normalized spacial score (nSPS) is 11.0. The molecule has 1 N–H and O–H groups in total. The Bertz CT molecular complexity index is 1430. The molecule has 0 amide bonds. The fourth-order valence-electron chi connectivity index (χ4n) is 3.26. The monoisotopic (exact) mass is 427 g/mol. The van der Waals surface area contributed by atoms with Gasteiger partial charge in [-0.3, -0.25) is 9.78 Å². The predicted octanol–water partition coefficient (Wildman–Crippen LogP) is 4.23. The number of aromatic nitrogens is 3. The molecule has 0 fully saturated rings. The van der Waals surface area contributed by atoms with Gasteiger partial charge in [0, 0.05) is 24.0 Å². The van der Waals surface area contributed by atoms with Crippen LogP contribution in [0.1, 0.15) is 5.89 Å². The van der Waals surface area contributed by atoms with Gasteiger partial charge in [-0.1, -0.05) is 12.1 Å². The molecule has 8 heteroatoms. The lowest BCUT2D eigenvalue weighted by atomic mass is 10.1. The van der Waals surface area contributed by atoms with Crippen LogP contribution in [0.2, 0.25) is 0 Å². The maximum absolute atomic E-state index is 12.8. The molecule has 0 atom stereocenters. The second kappa shape index (κ2) is 8.35. The third kappa shape index (κ3) is 3.93. The van der Waals surface area contributed by atoms with Gasteiger partial charge in [-0.05, 0) is 42.0 Å². The first kappa shape index (κ1) is 19.5. The van der Waals surface area contributed by atoms with Crippen molar-refractivity contribution in [1.82, 2.24) is 15.2 Å². The molecular formula is C24H17N3O5. The van der Waals surface area contributed by atoms with Gasteiger partial charge >= 0.3 is 0 Å². The van der Waals surface area contributed by atoms with E-state index in [4.69, 9.17) is 13.6 Å². The summed E-state index contributed by atoms with van der Waals surface area (Å²) in [5.74, 6) is 1.59. The zero-order valence-electron chi connectivity index (χ0n) is 16.8. The van der Waals surface area contributed by atoms with E-state index in [1.165, 1.54) is 18.4 Å². The highest BCUT2D eigenvalue weighted by Crippen LogP contribution is 2.24. The molecule has 5 rings (SSSR count). The molecule has 0 aliphatic heterocycles. The molecule has 0 bridgehead atoms. The molecule has 0 radical (unpaired) electrons. The fraction of sp³-hybridized carbons (Fsp3) is 0.0833. The van der Waals surface area contributed by atoms with Crippen LogP contribution in [0.5, 0.6) is 11.5 Å². The number of ether oxygens (including phenoxy) is 1. The van der Waals surface area contributed by atoms with Crippen molar-refractivity contribution in [2.45, 2.75) is 6.42 Å². The number of aromatic hydroxyl groups is 1. The average Bonchev–Trinajstić information content (AvgIpc) is 3.30. The maximum Gasteiger partial charge on any atom is 0.247 e. The van der Waals surface area contributed by atoms with Crippen LogP contribution in [-0.4, -0.2) is 26.9 Å². The van der Waals surface area contributed by atoms with E-state index in [-0.39, 0.29) is 11.2 Å². The molecule has 0 aliphatic rings. The summed E-state index contributed by atoms with van der Waals surface area (Å²) in [6.45, 7) is 0.319. The molecule has 0 saturated carbocycles. The Morgan fingerprint density at radius 2 is 1.75 bits per heavy atom. The largest absolute Gasteiger partial charge is 0.508 e. The highest BCUT2D eigenvalue weighted by atomic mass is 16.5. The minimum atomic E-state index is -0.155. The van der Waals surface area contributed by atoms with Crippen molar-refractivity contribution >= 4 is 11.0 Å². The summed E-state index contributed by atoms with van der Waals surface area (Å²) in [5, 5.41) is 18.0. The van der Waals surface area contributed by atoms with Crippen molar-refractivity contribution in [3.05, 3.63) is 89.4 Å². The number of phenolic OH excluding ortho intramolecular Hbond substituents is 1. The summed E-state index contributed by atoms with van der Waals surface area (Å²) in [6.07, 6.45) is 5.17. The molecular weight excluding hydrogens is 410 g/mol. The molecule has 8 nitrogen and oxygen atoms in total. The van der Waals surface area contributed by atoms with Gasteiger partial charge in [0.15, 0.2) is 5.43 Å². The van der Waals surface area contributed by atoms with E-state index in [2.05, 4.69) is 15.2 Å². The van der Waals surface area contributed by atoms with Crippen LogP contribution < -0.4 is 10.2 Å². The van der Waals surface area contributed by atoms with Crippen molar-refractivity contribution in [2.75, 3.05) is 6.61 Å². The number of hydrogen-bond donors (Lipinski definition) is 1. The lowest BCUT2D eigenvalue weighted by molar-refractivity contribution is 0.307. The standard InChI is InChI=1S/C24H17N3O5/c28-17-3-1-15(2-4-17)20-14-31-21-13-18(5-6-19(21)23(20)29)30-12-9-22-26-27-24(32-22)16-7-10-25-11-8-16/h1-8,10-11,13-14,28H,9,12H2. The van der Waals surface area contributed by atoms with Crippen LogP contribution in [0.4, 0.5) is 0 Å². The Labute approximate surface area is 181 Å². The molecule has 0 aliphatic carbocycles. The van der Waals surface area contributed by atoms with Gasteiger partial charge < -0.3 is 18.7 Å². The number of benzene rings is 2. The average molecular weight is 427 g/mol. The Balaban J connectivity index is 1.28. The molecule has 0 saturated heterocycles. The van der Waals surface area contributed by atoms with Crippen LogP contribution in [0.3, 0.4) is 0 Å².